The third-order valence-corrected chi connectivity index (χ3v) is 6.96. The molecular formula is C30H33N3+2. The molecule has 33 heavy (non-hydrogen) atoms. The molecule has 0 N–H and O–H groups in total. The predicted molar refractivity (Wildman–Crippen MR) is 137 cm³/mol. The lowest BCUT2D eigenvalue weighted by molar-refractivity contribution is -0.743. The van der Waals surface area contributed by atoms with Gasteiger partial charge in [0, 0.05) is 29.5 Å². The van der Waals surface area contributed by atoms with E-state index in [1.54, 1.807) is 0 Å². The Morgan fingerprint density at radius 1 is 0.788 bits per heavy atom. The zero-order valence-electron chi connectivity index (χ0n) is 20.8. The summed E-state index contributed by atoms with van der Waals surface area (Å²) in [5.41, 5.74) is 10.3. The molecule has 3 aromatic carbocycles. The van der Waals surface area contributed by atoms with E-state index in [0.29, 0.717) is 6.04 Å². The van der Waals surface area contributed by atoms with Gasteiger partial charge in [0.25, 0.3) is 0 Å². The lowest BCUT2D eigenvalue weighted by Crippen LogP contribution is -2.42. The van der Waals surface area contributed by atoms with Crippen LogP contribution in [-0.4, -0.2) is 4.68 Å². The van der Waals surface area contributed by atoms with Crippen LogP contribution in [0.3, 0.4) is 0 Å². The van der Waals surface area contributed by atoms with E-state index in [4.69, 9.17) is 0 Å². The van der Waals surface area contributed by atoms with E-state index in [0.717, 1.165) is 0 Å². The first-order chi connectivity index (χ1) is 15.8. The highest BCUT2D eigenvalue weighted by atomic mass is 15.4. The maximum atomic E-state index is 2.40. The van der Waals surface area contributed by atoms with E-state index in [9.17, 15) is 0 Å². The Morgan fingerprint density at radius 3 is 2.18 bits per heavy atom. The molecule has 5 rings (SSSR count). The van der Waals surface area contributed by atoms with Crippen molar-refractivity contribution >= 4 is 21.7 Å². The SMILES string of the molecule is Cc1cc(C)c(-[n+]2cc3ccccc3cc2C)c(C)c1-c1c2ccccc2n(C(C)C)[n+]1C. The van der Waals surface area contributed by atoms with Crippen LogP contribution in [-0.2, 0) is 7.05 Å². The lowest BCUT2D eigenvalue weighted by atomic mass is 9.93. The van der Waals surface area contributed by atoms with Crippen LogP contribution >= 0.6 is 0 Å². The van der Waals surface area contributed by atoms with Gasteiger partial charge in [0.15, 0.2) is 18.9 Å². The number of hydrogen-bond donors (Lipinski definition) is 0. The van der Waals surface area contributed by atoms with Gasteiger partial charge < -0.3 is 0 Å². The van der Waals surface area contributed by atoms with Crippen LogP contribution in [0.1, 0.15) is 42.3 Å². The second-order valence-electron chi connectivity index (χ2n) is 9.60. The second-order valence-corrected chi connectivity index (χ2v) is 9.60. The number of pyridine rings is 1. The van der Waals surface area contributed by atoms with Crippen LogP contribution in [0.25, 0.3) is 38.6 Å². The van der Waals surface area contributed by atoms with Crippen LogP contribution in [0, 0.1) is 27.7 Å². The zero-order valence-corrected chi connectivity index (χ0v) is 20.8. The number of aromatic nitrogens is 3. The molecule has 3 nitrogen and oxygen atoms in total. The van der Waals surface area contributed by atoms with Gasteiger partial charge in [-0.3, -0.25) is 0 Å². The van der Waals surface area contributed by atoms with Crippen LogP contribution < -0.4 is 9.25 Å². The van der Waals surface area contributed by atoms with E-state index in [2.05, 4.69) is 129 Å². The molecule has 0 saturated carbocycles. The van der Waals surface area contributed by atoms with Crippen LogP contribution in [0.5, 0.6) is 0 Å². The summed E-state index contributed by atoms with van der Waals surface area (Å²) in [6.45, 7) is 13.5. The van der Waals surface area contributed by atoms with E-state index in [-0.39, 0.29) is 0 Å². The molecule has 0 amide bonds. The lowest BCUT2D eigenvalue weighted by Gasteiger charge is -2.13. The van der Waals surface area contributed by atoms with Crippen molar-refractivity contribution in [2.24, 2.45) is 7.05 Å². The quantitative estimate of drug-likeness (QED) is 0.292. The summed E-state index contributed by atoms with van der Waals surface area (Å²) in [7, 11) is 2.20. The maximum Gasteiger partial charge on any atom is 0.246 e. The number of rotatable bonds is 3. The summed E-state index contributed by atoms with van der Waals surface area (Å²) in [6.07, 6.45) is 2.29. The predicted octanol–water partition coefficient (Wildman–Crippen LogP) is 6.38. The average Bonchev–Trinajstić information content (AvgIpc) is 3.06. The van der Waals surface area contributed by atoms with Gasteiger partial charge in [-0.15, -0.1) is 4.68 Å². The molecule has 5 aromatic rings. The molecule has 0 aliphatic carbocycles. The largest absolute Gasteiger partial charge is 0.246 e. The highest BCUT2D eigenvalue weighted by Gasteiger charge is 2.31. The van der Waals surface area contributed by atoms with E-state index < -0.39 is 0 Å². The van der Waals surface area contributed by atoms with Gasteiger partial charge in [-0.25, -0.2) is 0 Å². The monoisotopic (exact) mass is 435 g/mol. The third-order valence-electron chi connectivity index (χ3n) is 6.96. The molecule has 0 atom stereocenters. The molecule has 0 bridgehead atoms. The molecule has 0 radical (unpaired) electrons. The van der Waals surface area contributed by atoms with Crippen molar-refractivity contribution in [1.82, 2.24) is 4.68 Å². The molecule has 166 valence electrons. The fourth-order valence-electron chi connectivity index (χ4n) is 5.68. The Labute approximate surface area is 196 Å². The van der Waals surface area contributed by atoms with Gasteiger partial charge in [0.05, 0.1) is 17.0 Å². The number of nitrogens with zero attached hydrogens (tertiary/aromatic N) is 3. The van der Waals surface area contributed by atoms with Crippen molar-refractivity contribution < 1.29 is 9.25 Å². The Hall–Kier alpha value is -3.46. The summed E-state index contributed by atoms with van der Waals surface area (Å²) in [5.74, 6) is 0. The highest BCUT2D eigenvalue weighted by Crippen LogP contribution is 2.35. The molecule has 3 heteroatoms. The fraction of sp³-hybridized carbons (Fsp3) is 0.267. The fourth-order valence-corrected chi connectivity index (χ4v) is 5.68. The number of para-hydroxylation sites is 1. The molecule has 0 spiro atoms. The van der Waals surface area contributed by atoms with E-state index in [1.807, 2.05) is 0 Å². The molecule has 2 heterocycles. The van der Waals surface area contributed by atoms with Crippen molar-refractivity contribution in [1.29, 1.82) is 0 Å². The summed E-state index contributed by atoms with van der Waals surface area (Å²) in [6, 6.07) is 22.4. The highest BCUT2D eigenvalue weighted by molar-refractivity contribution is 5.93. The third kappa shape index (κ3) is 3.26. The van der Waals surface area contributed by atoms with Crippen LogP contribution in [0.4, 0.5) is 0 Å². The molecule has 0 fully saturated rings. The minimum absolute atomic E-state index is 0.372. The minimum Gasteiger partial charge on any atom is -0.164 e. The number of benzene rings is 3. The topological polar surface area (TPSA) is 12.7 Å². The van der Waals surface area contributed by atoms with E-state index >= 15 is 0 Å². The van der Waals surface area contributed by atoms with Crippen molar-refractivity contribution in [3.63, 3.8) is 0 Å². The van der Waals surface area contributed by atoms with Gasteiger partial charge in [-0.05, 0) is 69.8 Å². The maximum absolute atomic E-state index is 2.40. The van der Waals surface area contributed by atoms with Gasteiger partial charge in [0.1, 0.15) is 5.52 Å². The van der Waals surface area contributed by atoms with Gasteiger partial charge in [-0.2, -0.15) is 9.25 Å². The van der Waals surface area contributed by atoms with Gasteiger partial charge in [0.2, 0.25) is 11.4 Å². The van der Waals surface area contributed by atoms with Crippen molar-refractivity contribution in [3.8, 4) is 16.9 Å². The average molecular weight is 436 g/mol. The Balaban J connectivity index is 1.86. The van der Waals surface area contributed by atoms with Crippen molar-refractivity contribution in [2.45, 2.75) is 47.6 Å². The minimum atomic E-state index is 0.372. The van der Waals surface area contributed by atoms with Crippen LogP contribution in [0.15, 0.2) is 66.9 Å². The van der Waals surface area contributed by atoms with Gasteiger partial charge >= 0.3 is 0 Å². The van der Waals surface area contributed by atoms with E-state index in [1.165, 1.54) is 61.0 Å². The summed E-state index contributed by atoms with van der Waals surface area (Å²) in [5, 5.41) is 3.83. The number of aryl methyl sites for hydroxylation is 3. The summed E-state index contributed by atoms with van der Waals surface area (Å²) < 4.78 is 7.12. The van der Waals surface area contributed by atoms with Crippen molar-refractivity contribution in [3.05, 3.63) is 89.2 Å². The summed E-state index contributed by atoms with van der Waals surface area (Å²) >= 11 is 0. The zero-order chi connectivity index (χ0) is 23.4. The van der Waals surface area contributed by atoms with Crippen LogP contribution in [0.2, 0.25) is 0 Å². The first kappa shape index (κ1) is 21.4. The second kappa shape index (κ2) is 7.84. The molecular weight excluding hydrogens is 402 g/mol. The number of hydrogen-bond acceptors (Lipinski definition) is 0. The summed E-state index contributed by atoms with van der Waals surface area (Å²) in [4.78, 5) is 0. The Bertz CT molecular complexity index is 1540. The molecule has 0 aliphatic heterocycles. The molecule has 0 saturated heterocycles. The Morgan fingerprint density at radius 2 is 1.45 bits per heavy atom. The van der Waals surface area contributed by atoms with Crippen molar-refractivity contribution in [2.75, 3.05) is 0 Å². The Kier molecular flexibility index (Phi) is 5.08. The molecule has 2 aromatic heterocycles. The smallest absolute Gasteiger partial charge is 0.164 e. The molecule has 0 aliphatic rings. The number of fused-ring (bicyclic) bond motifs is 2. The normalized spacial score (nSPS) is 11.8. The first-order valence-electron chi connectivity index (χ1n) is 11.8. The first-order valence-corrected chi connectivity index (χ1v) is 11.8. The van der Waals surface area contributed by atoms with Gasteiger partial charge in [-0.1, -0.05) is 30.3 Å². The standard InChI is InChI=1S/C30H33N3/c1-19(2)33-27-15-11-10-14-26(27)30(31(33)7)28-20(3)16-21(4)29(23(28)6)32-18-25-13-9-8-12-24(25)17-22(32)5/h8-19H,1-7H3/q+2. The molecule has 0 unspecified atom stereocenters.